The van der Waals surface area contributed by atoms with Gasteiger partial charge in [-0.2, -0.15) is 5.26 Å². The van der Waals surface area contributed by atoms with Crippen LogP contribution >= 0.6 is 0 Å². The van der Waals surface area contributed by atoms with Crippen LogP contribution < -0.4 is 0 Å². The van der Waals surface area contributed by atoms with Crippen LogP contribution in [0.3, 0.4) is 0 Å². The first-order chi connectivity index (χ1) is 6.83. The van der Waals surface area contributed by atoms with Crippen molar-refractivity contribution in [2.75, 3.05) is 13.2 Å². The molecule has 0 bridgehead atoms. The summed E-state index contributed by atoms with van der Waals surface area (Å²) in [6, 6.07) is 2.23. The summed E-state index contributed by atoms with van der Waals surface area (Å²) in [6.45, 7) is 8.01. The van der Waals surface area contributed by atoms with E-state index >= 15 is 0 Å². The van der Waals surface area contributed by atoms with Crippen LogP contribution in [-0.4, -0.2) is 13.2 Å². The Morgan fingerprint density at radius 3 is 2.43 bits per heavy atom. The van der Waals surface area contributed by atoms with Crippen molar-refractivity contribution in [3.8, 4) is 6.07 Å². The van der Waals surface area contributed by atoms with Gasteiger partial charge in [-0.3, -0.25) is 0 Å². The molecule has 1 saturated heterocycles. The highest BCUT2D eigenvalue weighted by atomic mass is 16.5. The molecule has 0 aromatic heterocycles. The summed E-state index contributed by atoms with van der Waals surface area (Å²) in [5.41, 5.74) is 0. The third kappa shape index (κ3) is 5.99. The van der Waals surface area contributed by atoms with Gasteiger partial charge in [0.1, 0.15) is 0 Å². The van der Waals surface area contributed by atoms with Crippen molar-refractivity contribution in [2.45, 2.75) is 46.5 Å². The Morgan fingerprint density at radius 1 is 1.36 bits per heavy atom. The fraction of sp³-hybridized carbons (Fsp3) is 0.917. The Hall–Kier alpha value is -0.550. The van der Waals surface area contributed by atoms with Gasteiger partial charge in [0.25, 0.3) is 0 Å². The molecule has 1 fully saturated rings. The first-order valence-electron chi connectivity index (χ1n) is 5.77. The van der Waals surface area contributed by atoms with Crippen LogP contribution in [0.5, 0.6) is 0 Å². The maximum atomic E-state index is 8.49. The molecule has 0 aromatic carbocycles. The van der Waals surface area contributed by atoms with Gasteiger partial charge in [0.05, 0.1) is 6.07 Å². The van der Waals surface area contributed by atoms with Gasteiger partial charge in [0.2, 0.25) is 0 Å². The SMILES string of the molecule is CC.CC(CC#N)CC1CCOCC1. The van der Waals surface area contributed by atoms with E-state index in [4.69, 9.17) is 10.00 Å². The van der Waals surface area contributed by atoms with E-state index in [1.807, 2.05) is 13.8 Å². The van der Waals surface area contributed by atoms with Crippen LogP contribution in [0, 0.1) is 23.2 Å². The van der Waals surface area contributed by atoms with Crippen molar-refractivity contribution in [3.63, 3.8) is 0 Å². The van der Waals surface area contributed by atoms with E-state index in [1.54, 1.807) is 0 Å². The highest BCUT2D eigenvalue weighted by Crippen LogP contribution is 2.23. The minimum Gasteiger partial charge on any atom is -0.381 e. The van der Waals surface area contributed by atoms with E-state index in [9.17, 15) is 0 Å². The summed E-state index contributed by atoms with van der Waals surface area (Å²) in [7, 11) is 0. The molecule has 1 heterocycles. The fourth-order valence-corrected chi connectivity index (χ4v) is 1.79. The summed E-state index contributed by atoms with van der Waals surface area (Å²) in [5.74, 6) is 1.38. The molecule has 0 aromatic rings. The maximum absolute atomic E-state index is 8.49. The molecule has 1 atom stereocenters. The van der Waals surface area contributed by atoms with E-state index in [1.165, 1.54) is 19.3 Å². The lowest BCUT2D eigenvalue weighted by Gasteiger charge is -2.23. The highest BCUT2D eigenvalue weighted by Gasteiger charge is 2.16. The first-order valence-corrected chi connectivity index (χ1v) is 5.77. The Morgan fingerprint density at radius 2 is 1.93 bits per heavy atom. The van der Waals surface area contributed by atoms with Gasteiger partial charge in [-0.25, -0.2) is 0 Å². The number of rotatable bonds is 3. The quantitative estimate of drug-likeness (QED) is 0.695. The topological polar surface area (TPSA) is 33.0 Å². The van der Waals surface area contributed by atoms with Gasteiger partial charge in [0.15, 0.2) is 0 Å². The zero-order chi connectivity index (χ0) is 10.8. The van der Waals surface area contributed by atoms with Crippen LogP contribution in [0.25, 0.3) is 0 Å². The van der Waals surface area contributed by atoms with E-state index in [0.717, 1.165) is 19.1 Å². The Labute approximate surface area is 88.3 Å². The molecular formula is C12H23NO. The number of hydrogen-bond acceptors (Lipinski definition) is 2. The standard InChI is InChI=1S/C10H17NO.C2H6/c1-9(2-5-11)8-10-3-6-12-7-4-10;1-2/h9-10H,2-4,6-8H2,1H3;1-2H3. The number of ether oxygens (including phenoxy) is 1. The summed E-state index contributed by atoms with van der Waals surface area (Å²) in [5, 5.41) is 8.49. The summed E-state index contributed by atoms with van der Waals surface area (Å²) in [4.78, 5) is 0. The summed E-state index contributed by atoms with van der Waals surface area (Å²) < 4.78 is 5.28. The summed E-state index contributed by atoms with van der Waals surface area (Å²) in [6.07, 6.45) is 4.29. The molecule has 0 radical (unpaired) electrons. The Bertz CT molecular complexity index is 156. The predicted molar refractivity (Wildman–Crippen MR) is 58.9 cm³/mol. The van der Waals surface area contributed by atoms with Gasteiger partial charge in [-0.1, -0.05) is 20.8 Å². The van der Waals surface area contributed by atoms with Crippen molar-refractivity contribution >= 4 is 0 Å². The number of hydrogen-bond donors (Lipinski definition) is 0. The lowest BCUT2D eigenvalue weighted by Crippen LogP contribution is -2.17. The zero-order valence-electron chi connectivity index (χ0n) is 9.75. The monoisotopic (exact) mass is 197 g/mol. The van der Waals surface area contributed by atoms with Crippen molar-refractivity contribution in [2.24, 2.45) is 11.8 Å². The molecule has 0 amide bonds. The molecule has 1 rings (SSSR count). The van der Waals surface area contributed by atoms with Gasteiger partial charge in [-0.15, -0.1) is 0 Å². The van der Waals surface area contributed by atoms with Crippen molar-refractivity contribution < 1.29 is 4.74 Å². The second kappa shape index (κ2) is 9.02. The Balaban J connectivity index is 0.000000791. The highest BCUT2D eigenvalue weighted by molar-refractivity contribution is 4.76. The lowest BCUT2D eigenvalue weighted by atomic mass is 9.89. The van der Waals surface area contributed by atoms with E-state index in [2.05, 4.69) is 13.0 Å². The molecule has 1 unspecified atom stereocenters. The molecule has 1 aliphatic heterocycles. The molecule has 14 heavy (non-hydrogen) atoms. The van der Waals surface area contributed by atoms with Crippen LogP contribution in [0.4, 0.5) is 0 Å². The molecule has 0 saturated carbocycles. The minimum absolute atomic E-state index is 0.568. The average molecular weight is 197 g/mol. The molecule has 2 nitrogen and oxygen atoms in total. The van der Waals surface area contributed by atoms with Gasteiger partial charge in [-0.05, 0) is 31.1 Å². The molecule has 82 valence electrons. The van der Waals surface area contributed by atoms with Crippen molar-refractivity contribution in [1.82, 2.24) is 0 Å². The predicted octanol–water partition coefficient (Wildman–Crippen LogP) is 3.38. The Kier molecular flexibility index (Phi) is 8.67. The first kappa shape index (κ1) is 13.4. The van der Waals surface area contributed by atoms with Crippen molar-refractivity contribution in [3.05, 3.63) is 0 Å². The molecule has 0 spiro atoms. The van der Waals surface area contributed by atoms with E-state index in [0.29, 0.717) is 12.3 Å². The third-order valence-electron chi connectivity index (χ3n) is 2.52. The minimum atomic E-state index is 0.568. The van der Waals surface area contributed by atoms with Crippen LogP contribution in [0.15, 0.2) is 0 Å². The second-order valence-electron chi connectivity index (χ2n) is 3.76. The van der Waals surface area contributed by atoms with Gasteiger partial charge < -0.3 is 4.74 Å². The van der Waals surface area contributed by atoms with Gasteiger partial charge in [0, 0.05) is 19.6 Å². The maximum Gasteiger partial charge on any atom is 0.0624 e. The molecule has 0 aliphatic carbocycles. The van der Waals surface area contributed by atoms with Crippen LogP contribution in [0.2, 0.25) is 0 Å². The molecular weight excluding hydrogens is 174 g/mol. The fourth-order valence-electron chi connectivity index (χ4n) is 1.79. The third-order valence-corrected chi connectivity index (χ3v) is 2.52. The summed E-state index contributed by atoms with van der Waals surface area (Å²) >= 11 is 0. The van der Waals surface area contributed by atoms with E-state index in [-0.39, 0.29) is 0 Å². The average Bonchev–Trinajstić information content (AvgIpc) is 2.22. The van der Waals surface area contributed by atoms with E-state index < -0.39 is 0 Å². The largest absolute Gasteiger partial charge is 0.381 e. The smallest absolute Gasteiger partial charge is 0.0624 e. The zero-order valence-corrected chi connectivity index (χ0v) is 9.75. The number of nitriles is 1. The van der Waals surface area contributed by atoms with Crippen LogP contribution in [-0.2, 0) is 4.74 Å². The second-order valence-corrected chi connectivity index (χ2v) is 3.76. The van der Waals surface area contributed by atoms with Gasteiger partial charge >= 0.3 is 0 Å². The number of nitrogens with zero attached hydrogens (tertiary/aromatic N) is 1. The molecule has 2 heteroatoms. The van der Waals surface area contributed by atoms with Crippen LogP contribution in [0.1, 0.15) is 46.5 Å². The molecule has 1 aliphatic rings. The molecule has 0 N–H and O–H groups in total. The normalized spacial score (nSPS) is 19.0. The lowest BCUT2D eigenvalue weighted by molar-refractivity contribution is 0.0596. The van der Waals surface area contributed by atoms with Crippen molar-refractivity contribution in [1.29, 1.82) is 5.26 Å².